The first-order valence-corrected chi connectivity index (χ1v) is 8.30. The van der Waals surface area contributed by atoms with Crippen LogP contribution in [-0.2, 0) is 0 Å². The van der Waals surface area contributed by atoms with E-state index in [4.69, 9.17) is 0 Å². The predicted molar refractivity (Wildman–Crippen MR) is 101 cm³/mol. The molecule has 1 atom stereocenters. The van der Waals surface area contributed by atoms with Gasteiger partial charge in [-0.25, -0.2) is 0 Å². The van der Waals surface area contributed by atoms with E-state index >= 15 is 0 Å². The predicted octanol–water partition coefficient (Wildman–Crippen LogP) is 6.97. The topological polar surface area (TPSA) is 0 Å². The molecule has 2 rings (SSSR count). The molecule has 0 spiro atoms. The summed E-state index contributed by atoms with van der Waals surface area (Å²) in [5.74, 6) is 0. The standard InChI is InChI=1S/C12H16.C10H14/c1-2-3-4-6-9-12-10-7-5-8-11-12;1-4-10(3)7-5-6-9(2)8-10/h5-11H,2-4H2,1H3;4-7H,1,8H2,2-3H3. The number of hydrogen-bond donors (Lipinski definition) is 0. The second kappa shape index (κ2) is 10.00. The third kappa shape index (κ3) is 7.26. The van der Waals surface area contributed by atoms with Crippen LogP contribution in [0.15, 0.2) is 72.9 Å². The van der Waals surface area contributed by atoms with E-state index in [1.54, 1.807) is 0 Å². The molecule has 0 heteroatoms. The SMILES string of the molecule is C=CC1(C)C=CC=C(C)C1.CCCCC=Cc1ccccc1. The van der Waals surface area contributed by atoms with Crippen LogP contribution in [-0.4, -0.2) is 0 Å². The van der Waals surface area contributed by atoms with Gasteiger partial charge in [0.2, 0.25) is 0 Å². The van der Waals surface area contributed by atoms with Crippen LogP contribution in [0.1, 0.15) is 52.0 Å². The fraction of sp³-hybridized carbons (Fsp3) is 0.364. The smallest absolute Gasteiger partial charge is 0.00702 e. The minimum absolute atomic E-state index is 0.207. The average molecular weight is 294 g/mol. The van der Waals surface area contributed by atoms with Crippen LogP contribution in [0.3, 0.4) is 0 Å². The Morgan fingerprint density at radius 3 is 2.50 bits per heavy atom. The van der Waals surface area contributed by atoms with Gasteiger partial charge in [0.05, 0.1) is 0 Å². The zero-order valence-corrected chi connectivity index (χ0v) is 14.4. The van der Waals surface area contributed by atoms with E-state index in [0.717, 1.165) is 6.42 Å². The van der Waals surface area contributed by atoms with Crippen molar-refractivity contribution in [2.45, 2.75) is 46.5 Å². The number of allylic oxidation sites excluding steroid dienone is 6. The first-order valence-electron chi connectivity index (χ1n) is 8.30. The van der Waals surface area contributed by atoms with Crippen LogP contribution in [0, 0.1) is 5.41 Å². The molecular weight excluding hydrogens is 264 g/mol. The van der Waals surface area contributed by atoms with Gasteiger partial charge in [-0.05, 0) is 25.3 Å². The second-order valence-corrected chi connectivity index (χ2v) is 6.21. The molecule has 0 saturated carbocycles. The third-order valence-corrected chi connectivity index (χ3v) is 3.82. The Morgan fingerprint density at radius 1 is 1.23 bits per heavy atom. The Kier molecular flexibility index (Phi) is 8.28. The molecule has 0 radical (unpaired) electrons. The molecule has 0 amide bonds. The van der Waals surface area contributed by atoms with Gasteiger partial charge in [0.15, 0.2) is 0 Å². The van der Waals surface area contributed by atoms with Crippen molar-refractivity contribution >= 4 is 6.08 Å². The molecule has 0 heterocycles. The van der Waals surface area contributed by atoms with Gasteiger partial charge in [-0.2, -0.15) is 0 Å². The maximum atomic E-state index is 3.81. The third-order valence-electron chi connectivity index (χ3n) is 3.82. The summed E-state index contributed by atoms with van der Waals surface area (Å²) in [5.41, 5.74) is 2.94. The lowest BCUT2D eigenvalue weighted by Crippen LogP contribution is -2.11. The molecule has 1 unspecified atom stereocenters. The van der Waals surface area contributed by atoms with Gasteiger partial charge in [0, 0.05) is 5.41 Å². The van der Waals surface area contributed by atoms with Gasteiger partial charge < -0.3 is 0 Å². The van der Waals surface area contributed by atoms with E-state index in [0.29, 0.717) is 0 Å². The summed E-state index contributed by atoms with van der Waals surface area (Å²) in [4.78, 5) is 0. The van der Waals surface area contributed by atoms with Crippen molar-refractivity contribution in [3.8, 4) is 0 Å². The molecule has 0 nitrogen and oxygen atoms in total. The van der Waals surface area contributed by atoms with E-state index in [1.165, 1.54) is 30.4 Å². The van der Waals surface area contributed by atoms with Crippen molar-refractivity contribution in [3.05, 3.63) is 78.4 Å². The fourth-order valence-electron chi connectivity index (χ4n) is 2.40. The highest BCUT2D eigenvalue weighted by molar-refractivity contribution is 5.48. The number of rotatable bonds is 5. The van der Waals surface area contributed by atoms with Crippen molar-refractivity contribution in [1.82, 2.24) is 0 Å². The van der Waals surface area contributed by atoms with E-state index in [-0.39, 0.29) is 5.41 Å². The van der Waals surface area contributed by atoms with Crippen LogP contribution in [0.4, 0.5) is 0 Å². The average Bonchev–Trinajstić information content (AvgIpc) is 2.53. The minimum atomic E-state index is 0.207. The van der Waals surface area contributed by atoms with Crippen LogP contribution in [0.25, 0.3) is 6.08 Å². The molecule has 0 saturated heterocycles. The molecular formula is C22H30. The zero-order chi connectivity index (χ0) is 16.3. The summed E-state index contributed by atoms with van der Waals surface area (Å²) in [6.45, 7) is 10.4. The maximum absolute atomic E-state index is 3.81. The number of unbranched alkanes of at least 4 members (excludes halogenated alkanes) is 2. The molecule has 0 N–H and O–H groups in total. The lowest BCUT2D eigenvalue weighted by atomic mass is 9.81. The van der Waals surface area contributed by atoms with Crippen LogP contribution in [0.5, 0.6) is 0 Å². The summed E-state index contributed by atoms with van der Waals surface area (Å²) in [6.07, 6.45) is 17.8. The molecule has 1 aliphatic rings. The Balaban J connectivity index is 0.000000224. The molecule has 0 fully saturated rings. The monoisotopic (exact) mass is 294 g/mol. The van der Waals surface area contributed by atoms with Crippen LogP contribution < -0.4 is 0 Å². The first kappa shape index (κ1) is 18.2. The fourth-order valence-corrected chi connectivity index (χ4v) is 2.40. The lowest BCUT2D eigenvalue weighted by molar-refractivity contribution is 0.540. The number of hydrogen-bond acceptors (Lipinski definition) is 0. The highest BCUT2D eigenvalue weighted by Gasteiger charge is 2.18. The molecule has 0 aromatic heterocycles. The summed E-state index contributed by atoms with van der Waals surface area (Å²) < 4.78 is 0. The highest BCUT2D eigenvalue weighted by Crippen LogP contribution is 2.31. The van der Waals surface area contributed by atoms with Gasteiger partial charge in [-0.3, -0.25) is 0 Å². The molecule has 118 valence electrons. The van der Waals surface area contributed by atoms with E-state index < -0.39 is 0 Å². The molecule has 0 bridgehead atoms. The lowest BCUT2D eigenvalue weighted by Gasteiger charge is -2.24. The van der Waals surface area contributed by atoms with Crippen molar-refractivity contribution in [2.24, 2.45) is 5.41 Å². The molecule has 0 aliphatic heterocycles. The second-order valence-electron chi connectivity index (χ2n) is 6.21. The zero-order valence-electron chi connectivity index (χ0n) is 14.4. The summed E-state index contributed by atoms with van der Waals surface area (Å²) in [6, 6.07) is 10.4. The maximum Gasteiger partial charge on any atom is 0.00702 e. The van der Waals surface area contributed by atoms with Crippen molar-refractivity contribution < 1.29 is 0 Å². The summed E-state index contributed by atoms with van der Waals surface area (Å²) in [5, 5.41) is 0. The van der Waals surface area contributed by atoms with Gasteiger partial charge in [-0.1, -0.05) is 99.1 Å². The largest absolute Gasteiger partial charge is 0.102 e. The van der Waals surface area contributed by atoms with Gasteiger partial charge in [0.1, 0.15) is 0 Å². The normalized spacial score (nSPS) is 20.2. The van der Waals surface area contributed by atoms with E-state index in [1.807, 2.05) is 12.1 Å². The van der Waals surface area contributed by atoms with Crippen molar-refractivity contribution in [2.75, 3.05) is 0 Å². The van der Waals surface area contributed by atoms with Crippen molar-refractivity contribution in [1.29, 1.82) is 0 Å². The Morgan fingerprint density at radius 2 is 1.95 bits per heavy atom. The molecule has 22 heavy (non-hydrogen) atoms. The Labute approximate surface area is 137 Å². The number of benzene rings is 1. The molecule has 1 aromatic carbocycles. The van der Waals surface area contributed by atoms with Crippen LogP contribution >= 0.6 is 0 Å². The van der Waals surface area contributed by atoms with Gasteiger partial charge in [-0.15, -0.1) is 6.58 Å². The first-order chi connectivity index (χ1) is 10.6. The highest BCUT2D eigenvalue weighted by atomic mass is 14.2. The van der Waals surface area contributed by atoms with E-state index in [2.05, 4.69) is 82.0 Å². The molecule has 1 aromatic rings. The van der Waals surface area contributed by atoms with E-state index in [9.17, 15) is 0 Å². The Bertz CT molecular complexity index is 516. The molecule has 1 aliphatic carbocycles. The van der Waals surface area contributed by atoms with Crippen LogP contribution in [0.2, 0.25) is 0 Å². The Hall–Kier alpha value is -1.82. The minimum Gasteiger partial charge on any atom is -0.102 e. The van der Waals surface area contributed by atoms with Gasteiger partial charge in [0.25, 0.3) is 0 Å². The van der Waals surface area contributed by atoms with Crippen molar-refractivity contribution in [3.63, 3.8) is 0 Å². The van der Waals surface area contributed by atoms with Gasteiger partial charge >= 0.3 is 0 Å². The quantitative estimate of drug-likeness (QED) is 0.406. The summed E-state index contributed by atoms with van der Waals surface area (Å²) in [7, 11) is 0. The summed E-state index contributed by atoms with van der Waals surface area (Å²) >= 11 is 0.